The molecule has 0 radical (unpaired) electrons. The Labute approximate surface area is 113 Å². The molecule has 1 fully saturated rings. The van der Waals surface area contributed by atoms with Crippen LogP contribution in [0.2, 0.25) is 0 Å². The quantitative estimate of drug-likeness (QED) is 0.894. The molecule has 1 N–H and O–H groups in total. The molecule has 0 aromatic carbocycles. The van der Waals surface area contributed by atoms with Gasteiger partial charge in [0.1, 0.15) is 5.82 Å². The van der Waals surface area contributed by atoms with Crippen LogP contribution in [0.15, 0.2) is 6.07 Å². The number of likely N-dealkylation sites (tertiary alicyclic amines) is 1. The summed E-state index contributed by atoms with van der Waals surface area (Å²) >= 11 is 0. The largest absolute Gasteiger partial charge is 0.481 e. The third-order valence-electron chi connectivity index (χ3n) is 3.55. The minimum absolute atomic E-state index is 0.125. The Balaban J connectivity index is 2.13. The second kappa shape index (κ2) is 6.10. The number of hydrogen-bond acceptors (Lipinski definition) is 4. The van der Waals surface area contributed by atoms with Crippen LogP contribution in [0.3, 0.4) is 0 Å². The first-order valence-corrected chi connectivity index (χ1v) is 6.79. The summed E-state index contributed by atoms with van der Waals surface area (Å²) in [6.45, 7) is 4.04. The average Bonchev–Trinajstić information content (AvgIpc) is 2.36. The van der Waals surface area contributed by atoms with Crippen molar-refractivity contribution < 1.29 is 9.90 Å². The Bertz CT molecular complexity index is 462. The lowest BCUT2D eigenvalue weighted by atomic mass is 9.94. The van der Waals surface area contributed by atoms with Crippen molar-refractivity contribution in [3.63, 3.8) is 0 Å². The molecule has 0 unspecified atom stereocenters. The fraction of sp³-hybridized carbons (Fsp3) is 0.643. The molecular formula is C14H21N3O2. The van der Waals surface area contributed by atoms with Gasteiger partial charge in [-0.2, -0.15) is 0 Å². The number of rotatable bonds is 4. The van der Waals surface area contributed by atoms with E-state index in [1.54, 1.807) is 0 Å². The van der Waals surface area contributed by atoms with Crippen molar-refractivity contribution in [3.8, 4) is 0 Å². The maximum absolute atomic E-state index is 10.6. The summed E-state index contributed by atoms with van der Waals surface area (Å²) in [4.78, 5) is 21.8. The molecule has 1 atom stereocenters. The van der Waals surface area contributed by atoms with E-state index in [4.69, 9.17) is 5.11 Å². The van der Waals surface area contributed by atoms with Crippen molar-refractivity contribution in [1.29, 1.82) is 0 Å². The van der Waals surface area contributed by atoms with Crippen LogP contribution in [0, 0.1) is 6.92 Å². The molecule has 1 aromatic heterocycles. The summed E-state index contributed by atoms with van der Waals surface area (Å²) < 4.78 is 0. The molecule has 2 heterocycles. The molecule has 1 aromatic rings. The minimum Gasteiger partial charge on any atom is -0.481 e. The zero-order chi connectivity index (χ0) is 13.8. The smallest absolute Gasteiger partial charge is 0.303 e. The Morgan fingerprint density at radius 1 is 1.53 bits per heavy atom. The number of aromatic nitrogens is 2. The normalized spacial score (nSPS) is 20.4. The van der Waals surface area contributed by atoms with Crippen molar-refractivity contribution in [2.24, 2.45) is 0 Å². The maximum Gasteiger partial charge on any atom is 0.303 e. The summed E-state index contributed by atoms with van der Waals surface area (Å²) in [7, 11) is 2.13. The number of hydrogen-bond donors (Lipinski definition) is 1. The van der Waals surface area contributed by atoms with E-state index in [0.29, 0.717) is 12.3 Å². The highest BCUT2D eigenvalue weighted by atomic mass is 16.4. The molecule has 2 rings (SSSR count). The predicted molar refractivity (Wildman–Crippen MR) is 72.2 cm³/mol. The van der Waals surface area contributed by atoms with E-state index in [1.807, 2.05) is 13.0 Å². The second-order valence-corrected chi connectivity index (χ2v) is 5.33. The Morgan fingerprint density at radius 3 is 3.00 bits per heavy atom. The van der Waals surface area contributed by atoms with Crippen LogP contribution >= 0.6 is 0 Å². The average molecular weight is 263 g/mol. The Morgan fingerprint density at radius 2 is 2.32 bits per heavy atom. The molecule has 0 bridgehead atoms. The second-order valence-electron chi connectivity index (χ2n) is 5.33. The Kier molecular flexibility index (Phi) is 4.47. The molecular weight excluding hydrogens is 242 g/mol. The summed E-state index contributed by atoms with van der Waals surface area (Å²) in [6.07, 6.45) is 2.95. The number of carbonyl (C=O) groups is 1. The minimum atomic E-state index is -0.782. The van der Waals surface area contributed by atoms with Crippen LogP contribution in [0.1, 0.15) is 42.4 Å². The summed E-state index contributed by atoms with van der Waals surface area (Å²) in [5.41, 5.74) is 1.91. The highest BCUT2D eigenvalue weighted by Crippen LogP contribution is 2.25. The predicted octanol–water partition coefficient (Wildman–Crippen LogP) is 1.61. The van der Waals surface area contributed by atoms with E-state index in [2.05, 4.69) is 21.9 Å². The molecule has 1 saturated heterocycles. The number of nitrogens with zero attached hydrogens (tertiary/aromatic N) is 3. The SMILES string of the molecule is Cc1nc(CCC(=O)O)cc([C@H]2CCCN(C)C2)n1. The standard InChI is InChI=1S/C14H21N3O2/c1-10-15-12(5-6-14(18)19)8-13(16-10)11-4-3-7-17(2)9-11/h8,11H,3-7,9H2,1-2H3,(H,18,19)/t11-/m0/s1. The first kappa shape index (κ1) is 13.9. The third-order valence-corrected chi connectivity index (χ3v) is 3.55. The monoisotopic (exact) mass is 263 g/mol. The topological polar surface area (TPSA) is 66.3 Å². The molecule has 0 amide bonds. The molecule has 0 spiro atoms. The van der Waals surface area contributed by atoms with Gasteiger partial charge in [0.15, 0.2) is 0 Å². The lowest BCUT2D eigenvalue weighted by Gasteiger charge is -2.29. The molecule has 1 aliphatic heterocycles. The zero-order valence-corrected chi connectivity index (χ0v) is 11.6. The van der Waals surface area contributed by atoms with Crippen molar-refractivity contribution in [3.05, 3.63) is 23.3 Å². The number of carboxylic acid groups (broad SMARTS) is 1. The molecule has 104 valence electrons. The highest BCUT2D eigenvalue weighted by Gasteiger charge is 2.21. The van der Waals surface area contributed by atoms with Crippen LogP contribution in [0.5, 0.6) is 0 Å². The van der Waals surface area contributed by atoms with Gasteiger partial charge >= 0.3 is 5.97 Å². The lowest BCUT2D eigenvalue weighted by Crippen LogP contribution is -2.31. The van der Waals surface area contributed by atoms with Gasteiger partial charge < -0.3 is 10.0 Å². The van der Waals surface area contributed by atoms with Gasteiger partial charge in [-0.25, -0.2) is 9.97 Å². The molecule has 19 heavy (non-hydrogen) atoms. The van der Waals surface area contributed by atoms with Crippen LogP contribution in [-0.2, 0) is 11.2 Å². The first-order valence-electron chi connectivity index (χ1n) is 6.79. The van der Waals surface area contributed by atoms with Crippen LogP contribution in [0.4, 0.5) is 0 Å². The third kappa shape index (κ3) is 3.99. The van der Waals surface area contributed by atoms with Crippen LogP contribution in [-0.4, -0.2) is 46.1 Å². The van der Waals surface area contributed by atoms with Gasteiger partial charge in [-0.3, -0.25) is 4.79 Å². The van der Waals surface area contributed by atoms with Crippen LogP contribution < -0.4 is 0 Å². The van der Waals surface area contributed by atoms with E-state index in [-0.39, 0.29) is 6.42 Å². The van der Waals surface area contributed by atoms with E-state index in [9.17, 15) is 4.79 Å². The maximum atomic E-state index is 10.6. The molecule has 5 heteroatoms. The Hall–Kier alpha value is -1.49. The molecule has 5 nitrogen and oxygen atoms in total. The van der Waals surface area contributed by atoms with Gasteiger partial charge in [0.2, 0.25) is 0 Å². The lowest BCUT2D eigenvalue weighted by molar-refractivity contribution is -0.136. The number of aliphatic carboxylic acids is 1. The molecule has 0 aliphatic carbocycles. The number of carboxylic acids is 1. The van der Waals surface area contributed by atoms with Crippen LogP contribution in [0.25, 0.3) is 0 Å². The van der Waals surface area contributed by atoms with Crippen molar-refractivity contribution in [2.75, 3.05) is 20.1 Å². The number of aryl methyl sites for hydroxylation is 2. The van der Waals surface area contributed by atoms with Crippen molar-refractivity contribution in [1.82, 2.24) is 14.9 Å². The van der Waals surface area contributed by atoms with E-state index in [0.717, 1.165) is 36.7 Å². The summed E-state index contributed by atoms with van der Waals surface area (Å²) in [6, 6.07) is 1.99. The fourth-order valence-corrected chi connectivity index (χ4v) is 2.63. The van der Waals surface area contributed by atoms with Crippen molar-refractivity contribution >= 4 is 5.97 Å². The summed E-state index contributed by atoms with van der Waals surface area (Å²) in [5.74, 6) is 0.408. The summed E-state index contributed by atoms with van der Waals surface area (Å²) in [5, 5.41) is 8.75. The van der Waals surface area contributed by atoms with Gasteiger partial charge in [0, 0.05) is 30.3 Å². The van der Waals surface area contributed by atoms with E-state index >= 15 is 0 Å². The molecule has 0 saturated carbocycles. The van der Waals surface area contributed by atoms with Gasteiger partial charge in [-0.15, -0.1) is 0 Å². The molecule has 1 aliphatic rings. The highest BCUT2D eigenvalue weighted by molar-refractivity contribution is 5.66. The fourth-order valence-electron chi connectivity index (χ4n) is 2.63. The zero-order valence-electron chi connectivity index (χ0n) is 11.6. The first-order chi connectivity index (χ1) is 9.04. The van der Waals surface area contributed by atoms with E-state index in [1.165, 1.54) is 6.42 Å². The van der Waals surface area contributed by atoms with Gasteiger partial charge in [-0.05, 0) is 39.4 Å². The number of piperidine rings is 1. The van der Waals surface area contributed by atoms with Gasteiger partial charge in [0.05, 0.1) is 6.42 Å². The van der Waals surface area contributed by atoms with Gasteiger partial charge in [-0.1, -0.05) is 0 Å². The van der Waals surface area contributed by atoms with Crippen molar-refractivity contribution in [2.45, 2.75) is 38.5 Å². The number of likely N-dealkylation sites (N-methyl/N-ethyl adjacent to an activating group) is 1. The van der Waals surface area contributed by atoms with E-state index < -0.39 is 5.97 Å². The van der Waals surface area contributed by atoms with Gasteiger partial charge in [0.25, 0.3) is 0 Å².